The third-order valence-electron chi connectivity index (χ3n) is 6.07. The summed E-state index contributed by atoms with van der Waals surface area (Å²) in [6.45, 7) is 7.84. The molecule has 9 heteroatoms. The average Bonchev–Trinajstić information content (AvgIpc) is 2.78. The summed E-state index contributed by atoms with van der Waals surface area (Å²) in [5, 5.41) is 11.3. The highest BCUT2D eigenvalue weighted by Gasteiger charge is 2.33. The van der Waals surface area contributed by atoms with E-state index in [1.165, 1.54) is 6.07 Å². The van der Waals surface area contributed by atoms with Crippen molar-refractivity contribution in [3.05, 3.63) is 34.4 Å². The summed E-state index contributed by atoms with van der Waals surface area (Å²) in [5.41, 5.74) is 0.738. The number of likely N-dealkylation sites (tertiary alicyclic amines) is 1. The van der Waals surface area contributed by atoms with Crippen LogP contribution in [-0.4, -0.2) is 78.5 Å². The first-order chi connectivity index (χ1) is 14.4. The van der Waals surface area contributed by atoms with Crippen molar-refractivity contribution in [1.82, 2.24) is 9.80 Å². The van der Waals surface area contributed by atoms with Crippen LogP contribution in [0.5, 0.6) is 0 Å². The lowest BCUT2D eigenvalue weighted by Gasteiger charge is -2.40. The number of hydrogen-bond acceptors (Lipinski definition) is 7. The Morgan fingerprint density at radius 3 is 2.37 bits per heavy atom. The molecule has 3 rings (SSSR count). The molecule has 1 aromatic carbocycles. The van der Waals surface area contributed by atoms with Gasteiger partial charge in [0, 0.05) is 45.3 Å². The molecule has 1 unspecified atom stereocenters. The summed E-state index contributed by atoms with van der Waals surface area (Å²) in [6, 6.07) is 6.52. The predicted octanol–water partition coefficient (Wildman–Crippen LogP) is 1.91. The fraction of sp³-hybridized carbons (Fsp3) is 0.619. The molecule has 2 heterocycles. The van der Waals surface area contributed by atoms with Gasteiger partial charge in [0.05, 0.1) is 23.5 Å². The summed E-state index contributed by atoms with van der Waals surface area (Å²) in [6.07, 6.45) is 1.28. The van der Waals surface area contributed by atoms with E-state index < -0.39 is 0 Å². The van der Waals surface area contributed by atoms with Crippen LogP contribution in [0.25, 0.3) is 0 Å². The van der Waals surface area contributed by atoms with Gasteiger partial charge < -0.3 is 14.5 Å². The summed E-state index contributed by atoms with van der Waals surface area (Å²) < 4.78 is 5.09. The van der Waals surface area contributed by atoms with Crippen LogP contribution < -0.4 is 4.90 Å². The van der Waals surface area contributed by atoms with Crippen LogP contribution in [0.4, 0.5) is 11.4 Å². The van der Waals surface area contributed by atoms with Gasteiger partial charge in [0.15, 0.2) is 0 Å². The van der Waals surface area contributed by atoms with Gasteiger partial charge in [-0.1, -0.05) is 12.1 Å². The number of benzene rings is 1. The van der Waals surface area contributed by atoms with E-state index in [2.05, 4.69) is 4.90 Å². The van der Waals surface area contributed by atoms with Crippen LogP contribution in [-0.2, 0) is 14.3 Å². The van der Waals surface area contributed by atoms with E-state index in [-0.39, 0.29) is 34.4 Å². The lowest BCUT2D eigenvalue weighted by Crippen LogP contribution is -2.55. The highest BCUT2D eigenvalue weighted by atomic mass is 16.6. The number of para-hydroxylation sites is 2. The van der Waals surface area contributed by atoms with Gasteiger partial charge in [-0.05, 0) is 32.8 Å². The largest absolute Gasteiger partial charge is 0.466 e. The fourth-order valence-electron chi connectivity index (χ4n) is 4.25. The number of nitro benzene ring substituents is 1. The number of piperidine rings is 1. The van der Waals surface area contributed by atoms with Crippen LogP contribution in [0, 0.1) is 16.0 Å². The second kappa shape index (κ2) is 9.88. The van der Waals surface area contributed by atoms with Crippen LogP contribution in [0.1, 0.15) is 26.7 Å². The normalized spacial score (nSPS) is 19.4. The second-order valence-electron chi connectivity index (χ2n) is 7.80. The molecule has 164 valence electrons. The van der Waals surface area contributed by atoms with E-state index in [0.717, 1.165) is 0 Å². The number of hydrogen-bond donors (Lipinski definition) is 0. The van der Waals surface area contributed by atoms with Gasteiger partial charge in [-0.3, -0.25) is 24.6 Å². The molecule has 30 heavy (non-hydrogen) atoms. The molecule has 0 N–H and O–H groups in total. The Hall–Kier alpha value is -2.68. The first-order valence-corrected chi connectivity index (χ1v) is 10.6. The Bertz CT molecular complexity index is 770. The van der Waals surface area contributed by atoms with Crippen LogP contribution in [0.3, 0.4) is 0 Å². The molecule has 1 amide bonds. The third kappa shape index (κ3) is 4.89. The Morgan fingerprint density at radius 2 is 1.77 bits per heavy atom. The molecule has 0 bridgehead atoms. The number of rotatable bonds is 6. The maximum absolute atomic E-state index is 13.0. The van der Waals surface area contributed by atoms with Crippen molar-refractivity contribution in [3.63, 3.8) is 0 Å². The number of amides is 1. The first-order valence-electron chi connectivity index (χ1n) is 10.6. The number of ether oxygens (including phenoxy) is 1. The highest BCUT2D eigenvalue weighted by Crippen LogP contribution is 2.29. The number of esters is 1. The number of piperazine rings is 1. The molecule has 2 aliphatic rings. The van der Waals surface area contributed by atoms with Crippen molar-refractivity contribution in [2.24, 2.45) is 5.92 Å². The van der Waals surface area contributed by atoms with Crippen LogP contribution in [0.2, 0.25) is 0 Å². The van der Waals surface area contributed by atoms with E-state index in [4.69, 9.17) is 4.74 Å². The Kier molecular flexibility index (Phi) is 7.25. The van der Waals surface area contributed by atoms with Crippen molar-refractivity contribution in [2.75, 3.05) is 50.8 Å². The van der Waals surface area contributed by atoms with Gasteiger partial charge in [0.2, 0.25) is 5.91 Å². The van der Waals surface area contributed by atoms with Crippen molar-refractivity contribution in [2.45, 2.75) is 32.7 Å². The van der Waals surface area contributed by atoms with Gasteiger partial charge >= 0.3 is 5.97 Å². The lowest BCUT2D eigenvalue weighted by molar-refractivity contribution is -0.384. The Morgan fingerprint density at radius 1 is 1.13 bits per heavy atom. The highest BCUT2D eigenvalue weighted by molar-refractivity contribution is 5.82. The van der Waals surface area contributed by atoms with Gasteiger partial charge in [-0.2, -0.15) is 0 Å². The molecule has 0 aromatic heterocycles. The van der Waals surface area contributed by atoms with Crippen molar-refractivity contribution in [1.29, 1.82) is 0 Å². The second-order valence-corrected chi connectivity index (χ2v) is 7.80. The van der Waals surface area contributed by atoms with E-state index in [1.807, 2.05) is 16.7 Å². The van der Waals surface area contributed by atoms with Crippen molar-refractivity contribution >= 4 is 23.3 Å². The third-order valence-corrected chi connectivity index (χ3v) is 6.07. The van der Waals surface area contributed by atoms with E-state index in [9.17, 15) is 19.7 Å². The molecule has 0 aliphatic carbocycles. The average molecular weight is 418 g/mol. The number of anilines is 1. The van der Waals surface area contributed by atoms with E-state index in [0.29, 0.717) is 64.4 Å². The quantitative estimate of drug-likeness (QED) is 0.395. The Balaban J connectivity index is 1.52. The summed E-state index contributed by atoms with van der Waals surface area (Å²) >= 11 is 0. The Labute approximate surface area is 176 Å². The van der Waals surface area contributed by atoms with Gasteiger partial charge in [-0.25, -0.2) is 0 Å². The topological polar surface area (TPSA) is 96.2 Å². The fourth-order valence-corrected chi connectivity index (χ4v) is 4.25. The minimum atomic E-state index is -0.353. The predicted molar refractivity (Wildman–Crippen MR) is 112 cm³/mol. The number of carbonyl (C=O) groups excluding carboxylic acids is 2. The maximum Gasteiger partial charge on any atom is 0.309 e. The van der Waals surface area contributed by atoms with Gasteiger partial charge in [0.25, 0.3) is 5.69 Å². The number of nitro groups is 1. The number of carbonyl (C=O) groups is 2. The minimum Gasteiger partial charge on any atom is -0.466 e. The zero-order valence-corrected chi connectivity index (χ0v) is 17.7. The van der Waals surface area contributed by atoms with Crippen LogP contribution in [0.15, 0.2) is 24.3 Å². The molecular weight excluding hydrogens is 388 g/mol. The maximum atomic E-state index is 13.0. The SMILES string of the molecule is CCOC(=O)C1CCN(C(=O)C(C)N2CCN(c3ccccc3[N+](=O)[O-])CC2)CC1. The first kappa shape index (κ1) is 22.0. The van der Waals surface area contributed by atoms with Crippen LogP contribution >= 0.6 is 0 Å². The molecule has 1 aromatic rings. The minimum absolute atomic E-state index is 0.0800. The molecule has 2 fully saturated rings. The molecule has 0 saturated carbocycles. The van der Waals surface area contributed by atoms with Gasteiger partial charge in [0.1, 0.15) is 5.69 Å². The molecule has 9 nitrogen and oxygen atoms in total. The molecule has 0 spiro atoms. The molecular formula is C21H30N4O5. The standard InChI is InChI=1S/C21H30N4O5/c1-3-30-21(27)17-8-10-24(11-9-17)20(26)16(2)22-12-14-23(15-13-22)18-6-4-5-7-19(18)25(28)29/h4-7,16-17H,3,8-15H2,1-2H3. The van der Waals surface area contributed by atoms with Gasteiger partial charge in [-0.15, -0.1) is 0 Å². The van der Waals surface area contributed by atoms with E-state index in [1.54, 1.807) is 25.1 Å². The number of nitrogens with zero attached hydrogens (tertiary/aromatic N) is 4. The van der Waals surface area contributed by atoms with E-state index >= 15 is 0 Å². The molecule has 2 saturated heterocycles. The van der Waals surface area contributed by atoms with Crippen molar-refractivity contribution < 1.29 is 19.2 Å². The smallest absolute Gasteiger partial charge is 0.309 e. The zero-order chi connectivity index (χ0) is 21.7. The zero-order valence-electron chi connectivity index (χ0n) is 17.7. The van der Waals surface area contributed by atoms with Crippen molar-refractivity contribution in [3.8, 4) is 0 Å². The lowest BCUT2D eigenvalue weighted by atomic mass is 9.96. The summed E-state index contributed by atoms with van der Waals surface area (Å²) in [4.78, 5) is 41.8. The molecule has 1 atom stereocenters. The summed E-state index contributed by atoms with van der Waals surface area (Å²) in [7, 11) is 0. The monoisotopic (exact) mass is 418 g/mol. The molecule has 2 aliphatic heterocycles. The molecule has 0 radical (unpaired) electrons. The summed E-state index contributed by atoms with van der Waals surface area (Å²) in [5.74, 6) is -0.199.